The number of nitrogens with zero attached hydrogens (tertiary/aromatic N) is 1. The fraction of sp³-hybridized carbons (Fsp3) is 0.476. The number of nitrogens with two attached hydrogens (primary N) is 1. The molecule has 0 bridgehead atoms. The van der Waals surface area contributed by atoms with Crippen molar-refractivity contribution < 1.29 is 9.90 Å². The first kappa shape index (κ1) is 19.1. The zero-order valence-corrected chi connectivity index (χ0v) is 16.4. The van der Waals surface area contributed by atoms with Crippen LogP contribution in [0.4, 0.5) is 0 Å². The SMILES string of the molecule is CC1(C)CCc2sc(CCCN(N)Cc3ccccc3)c(C(=O)O)c2C1. The highest BCUT2D eigenvalue weighted by atomic mass is 32.1. The van der Waals surface area contributed by atoms with Crippen molar-refractivity contribution in [3.63, 3.8) is 0 Å². The van der Waals surface area contributed by atoms with Crippen molar-refractivity contribution in [1.29, 1.82) is 0 Å². The number of thiophene rings is 1. The summed E-state index contributed by atoms with van der Waals surface area (Å²) in [6.45, 7) is 5.92. The first-order valence-corrected chi connectivity index (χ1v) is 10.1. The molecule has 2 aromatic rings. The maximum absolute atomic E-state index is 11.9. The summed E-state index contributed by atoms with van der Waals surface area (Å²) in [5.41, 5.74) is 3.04. The summed E-state index contributed by atoms with van der Waals surface area (Å²) in [5.74, 6) is 5.35. The average molecular weight is 373 g/mol. The third kappa shape index (κ3) is 4.53. The first-order chi connectivity index (χ1) is 12.4. The van der Waals surface area contributed by atoms with E-state index < -0.39 is 5.97 Å². The number of aromatic carboxylic acids is 1. The number of benzene rings is 1. The molecule has 1 heterocycles. The minimum absolute atomic E-state index is 0.194. The van der Waals surface area contributed by atoms with Crippen molar-refractivity contribution in [3.8, 4) is 0 Å². The molecule has 3 rings (SSSR count). The zero-order valence-electron chi connectivity index (χ0n) is 15.6. The number of hydrazine groups is 1. The lowest BCUT2D eigenvalue weighted by atomic mass is 9.76. The fourth-order valence-corrected chi connectivity index (χ4v) is 5.10. The van der Waals surface area contributed by atoms with Crippen LogP contribution in [0.2, 0.25) is 0 Å². The molecule has 3 N–H and O–H groups in total. The summed E-state index contributed by atoms with van der Waals surface area (Å²) in [6, 6.07) is 10.2. The summed E-state index contributed by atoms with van der Waals surface area (Å²) in [7, 11) is 0. The molecule has 0 fully saturated rings. The quantitative estimate of drug-likeness (QED) is 0.563. The van der Waals surface area contributed by atoms with E-state index in [0.29, 0.717) is 12.1 Å². The lowest BCUT2D eigenvalue weighted by Crippen LogP contribution is -2.31. The number of aryl methyl sites for hydroxylation is 2. The number of hydrogen-bond donors (Lipinski definition) is 2. The van der Waals surface area contributed by atoms with Gasteiger partial charge in [-0.15, -0.1) is 11.3 Å². The summed E-state index contributed by atoms with van der Waals surface area (Å²) in [5, 5.41) is 11.6. The van der Waals surface area contributed by atoms with Crippen LogP contribution in [0.15, 0.2) is 30.3 Å². The largest absolute Gasteiger partial charge is 0.478 e. The Labute approximate surface area is 159 Å². The van der Waals surface area contributed by atoms with E-state index in [9.17, 15) is 9.90 Å². The molecule has 0 radical (unpaired) electrons. The Hall–Kier alpha value is -1.69. The molecule has 0 saturated carbocycles. The van der Waals surface area contributed by atoms with Gasteiger partial charge in [-0.25, -0.2) is 9.80 Å². The van der Waals surface area contributed by atoms with Crippen LogP contribution in [0.25, 0.3) is 0 Å². The summed E-state index contributed by atoms with van der Waals surface area (Å²) >= 11 is 1.71. The minimum Gasteiger partial charge on any atom is -0.478 e. The van der Waals surface area contributed by atoms with Crippen LogP contribution in [0.3, 0.4) is 0 Å². The van der Waals surface area contributed by atoms with E-state index in [1.165, 1.54) is 10.4 Å². The van der Waals surface area contributed by atoms with Crippen LogP contribution < -0.4 is 5.84 Å². The van der Waals surface area contributed by atoms with Crippen LogP contribution in [0, 0.1) is 5.41 Å². The highest BCUT2D eigenvalue weighted by Gasteiger charge is 2.32. The van der Waals surface area contributed by atoms with Gasteiger partial charge in [0.2, 0.25) is 0 Å². The van der Waals surface area contributed by atoms with E-state index in [1.54, 1.807) is 11.3 Å². The number of rotatable bonds is 7. The van der Waals surface area contributed by atoms with E-state index in [4.69, 9.17) is 5.84 Å². The first-order valence-electron chi connectivity index (χ1n) is 9.26. The van der Waals surface area contributed by atoms with Gasteiger partial charge in [-0.05, 0) is 48.6 Å². The van der Waals surface area contributed by atoms with E-state index in [0.717, 1.165) is 49.1 Å². The standard InChI is InChI=1S/C21H28N2O2S/c1-21(2)11-10-17-16(13-21)19(20(24)25)18(26-17)9-6-12-23(22)14-15-7-4-3-5-8-15/h3-5,7-8H,6,9-14,22H2,1-2H3,(H,24,25). The van der Waals surface area contributed by atoms with Crippen molar-refractivity contribution in [2.24, 2.45) is 11.3 Å². The van der Waals surface area contributed by atoms with Gasteiger partial charge < -0.3 is 5.11 Å². The molecule has 5 heteroatoms. The second-order valence-electron chi connectivity index (χ2n) is 8.01. The normalized spacial score (nSPS) is 15.8. The van der Waals surface area contributed by atoms with E-state index in [-0.39, 0.29) is 5.41 Å². The van der Waals surface area contributed by atoms with E-state index in [1.807, 2.05) is 23.2 Å². The van der Waals surface area contributed by atoms with Gasteiger partial charge in [0, 0.05) is 22.8 Å². The maximum Gasteiger partial charge on any atom is 0.337 e. The van der Waals surface area contributed by atoms with Crippen LogP contribution in [-0.4, -0.2) is 22.6 Å². The molecule has 0 amide bonds. The average Bonchev–Trinajstić information content (AvgIpc) is 2.92. The molecule has 0 atom stereocenters. The third-order valence-electron chi connectivity index (χ3n) is 5.14. The van der Waals surface area contributed by atoms with Crippen molar-refractivity contribution in [2.75, 3.05) is 6.54 Å². The molecule has 26 heavy (non-hydrogen) atoms. The van der Waals surface area contributed by atoms with E-state index >= 15 is 0 Å². The number of carboxylic acid groups (broad SMARTS) is 1. The number of hydrogen-bond acceptors (Lipinski definition) is 4. The van der Waals surface area contributed by atoms with Crippen LogP contribution in [-0.2, 0) is 25.8 Å². The van der Waals surface area contributed by atoms with Gasteiger partial charge in [0.25, 0.3) is 0 Å². The van der Waals surface area contributed by atoms with Gasteiger partial charge in [0.15, 0.2) is 0 Å². The van der Waals surface area contributed by atoms with Crippen LogP contribution in [0.1, 0.15) is 57.9 Å². The molecule has 1 aliphatic rings. The van der Waals surface area contributed by atoms with Gasteiger partial charge in [-0.3, -0.25) is 5.84 Å². The Morgan fingerprint density at radius 3 is 2.73 bits per heavy atom. The summed E-state index contributed by atoms with van der Waals surface area (Å²) in [6.07, 6.45) is 4.66. The highest BCUT2D eigenvalue weighted by molar-refractivity contribution is 7.12. The summed E-state index contributed by atoms with van der Waals surface area (Å²) < 4.78 is 0. The monoisotopic (exact) mass is 372 g/mol. The fourth-order valence-electron chi connectivity index (χ4n) is 3.74. The van der Waals surface area contributed by atoms with Crippen molar-refractivity contribution in [3.05, 3.63) is 56.8 Å². The predicted octanol–water partition coefficient (Wildman–Crippen LogP) is 4.27. The molecule has 0 spiro atoms. The lowest BCUT2D eigenvalue weighted by molar-refractivity contribution is 0.0694. The van der Waals surface area contributed by atoms with Crippen LogP contribution >= 0.6 is 11.3 Å². The molecular formula is C21H28N2O2S. The Balaban J connectivity index is 1.63. The number of carboxylic acids is 1. The topological polar surface area (TPSA) is 66.6 Å². The molecule has 140 valence electrons. The molecule has 0 aliphatic heterocycles. The van der Waals surface area contributed by atoms with Gasteiger partial charge in [-0.1, -0.05) is 44.2 Å². The zero-order chi connectivity index (χ0) is 18.7. The Bertz CT molecular complexity index is 768. The van der Waals surface area contributed by atoms with Crippen molar-refractivity contribution >= 4 is 17.3 Å². The third-order valence-corrected chi connectivity index (χ3v) is 6.49. The lowest BCUT2D eigenvalue weighted by Gasteiger charge is -2.29. The Morgan fingerprint density at radius 1 is 1.31 bits per heavy atom. The van der Waals surface area contributed by atoms with Crippen LogP contribution in [0.5, 0.6) is 0 Å². The Morgan fingerprint density at radius 2 is 2.04 bits per heavy atom. The highest BCUT2D eigenvalue weighted by Crippen LogP contribution is 2.41. The van der Waals surface area contributed by atoms with E-state index in [2.05, 4.69) is 26.0 Å². The molecule has 1 aromatic heterocycles. The Kier molecular flexibility index (Phi) is 5.80. The van der Waals surface area contributed by atoms with Crippen molar-refractivity contribution in [2.45, 2.75) is 52.5 Å². The molecule has 0 unspecified atom stereocenters. The second-order valence-corrected chi connectivity index (χ2v) is 9.20. The predicted molar refractivity (Wildman–Crippen MR) is 106 cm³/mol. The van der Waals surface area contributed by atoms with Gasteiger partial charge >= 0.3 is 5.97 Å². The molecule has 1 aliphatic carbocycles. The molecule has 4 nitrogen and oxygen atoms in total. The summed E-state index contributed by atoms with van der Waals surface area (Å²) in [4.78, 5) is 14.2. The van der Waals surface area contributed by atoms with Crippen molar-refractivity contribution in [1.82, 2.24) is 5.01 Å². The second kappa shape index (κ2) is 7.91. The van der Waals surface area contributed by atoms with Gasteiger partial charge in [0.05, 0.1) is 5.56 Å². The molecule has 0 saturated heterocycles. The minimum atomic E-state index is -0.774. The number of carbonyl (C=O) groups is 1. The maximum atomic E-state index is 11.9. The molecular weight excluding hydrogens is 344 g/mol. The molecule has 1 aromatic carbocycles. The smallest absolute Gasteiger partial charge is 0.337 e. The number of fused-ring (bicyclic) bond motifs is 1. The van der Waals surface area contributed by atoms with Gasteiger partial charge in [0.1, 0.15) is 0 Å². The van der Waals surface area contributed by atoms with Gasteiger partial charge in [-0.2, -0.15) is 0 Å².